The predicted molar refractivity (Wildman–Crippen MR) is 97.4 cm³/mol. The number of benzene rings is 1. The number of hydrogen-bond acceptors (Lipinski definition) is 3. The van der Waals surface area contributed by atoms with Gasteiger partial charge < -0.3 is 15.0 Å². The number of nitrogens with zero attached hydrogens (tertiary/aromatic N) is 1. The number of carbonyl (C=O) groups excluding carboxylic acids is 3. The summed E-state index contributed by atoms with van der Waals surface area (Å²) in [6.45, 7) is 2.82. The van der Waals surface area contributed by atoms with E-state index in [1.54, 1.807) is 0 Å². The summed E-state index contributed by atoms with van der Waals surface area (Å²) in [4.78, 5) is 36.9. The summed E-state index contributed by atoms with van der Waals surface area (Å²) in [7, 11) is 0. The summed E-state index contributed by atoms with van der Waals surface area (Å²) in [6, 6.07) is 7.65. The van der Waals surface area contributed by atoms with Crippen molar-refractivity contribution in [2.75, 3.05) is 13.1 Å². The monoisotopic (exact) mass is 364 g/mol. The van der Waals surface area contributed by atoms with Gasteiger partial charge >= 0.3 is 0 Å². The standard InChI is InChI=1S/C19H25ClN2O3/c1-14(23)2-8-18(24)21-17-10-12-22(13-11-17)19(25)9-5-15-3-6-16(20)7-4-15/h3-4,6-7,17H,2,5,8-13H2,1H3,(H,21,24). The molecule has 0 radical (unpaired) electrons. The molecule has 1 N–H and O–H groups in total. The highest BCUT2D eigenvalue weighted by Crippen LogP contribution is 2.15. The van der Waals surface area contributed by atoms with Crippen molar-refractivity contribution in [3.05, 3.63) is 34.9 Å². The first kappa shape index (κ1) is 19.4. The zero-order valence-electron chi connectivity index (χ0n) is 14.6. The van der Waals surface area contributed by atoms with Gasteiger partial charge in [-0.1, -0.05) is 23.7 Å². The van der Waals surface area contributed by atoms with Crippen LogP contribution in [-0.2, 0) is 20.8 Å². The molecule has 0 saturated carbocycles. The molecular formula is C19H25ClN2O3. The van der Waals surface area contributed by atoms with Crippen LogP contribution in [0.1, 0.15) is 44.6 Å². The van der Waals surface area contributed by atoms with E-state index in [1.807, 2.05) is 29.2 Å². The van der Waals surface area contributed by atoms with Crippen LogP contribution in [0.5, 0.6) is 0 Å². The Balaban J connectivity index is 1.68. The number of likely N-dealkylation sites (tertiary alicyclic amines) is 1. The maximum atomic E-state index is 12.3. The van der Waals surface area contributed by atoms with Crippen molar-refractivity contribution >= 4 is 29.2 Å². The highest BCUT2D eigenvalue weighted by Gasteiger charge is 2.23. The number of Topliss-reactive ketones (excluding diaryl/α,β-unsaturated/α-hetero) is 1. The summed E-state index contributed by atoms with van der Waals surface area (Å²) < 4.78 is 0. The quantitative estimate of drug-likeness (QED) is 0.809. The fourth-order valence-corrected chi connectivity index (χ4v) is 3.05. The van der Waals surface area contributed by atoms with E-state index in [-0.39, 0.29) is 36.5 Å². The van der Waals surface area contributed by atoms with Gasteiger partial charge in [-0.05, 0) is 43.9 Å². The number of halogens is 1. The summed E-state index contributed by atoms with van der Waals surface area (Å²) in [5.41, 5.74) is 1.10. The zero-order chi connectivity index (χ0) is 18.2. The maximum Gasteiger partial charge on any atom is 0.222 e. The zero-order valence-corrected chi connectivity index (χ0v) is 15.3. The van der Waals surface area contributed by atoms with Crippen molar-refractivity contribution in [3.8, 4) is 0 Å². The topological polar surface area (TPSA) is 66.5 Å². The van der Waals surface area contributed by atoms with Gasteiger partial charge in [-0.25, -0.2) is 0 Å². The molecule has 1 heterocycles. The summed E-state index contributed by atoms with van der Waals surface area (Å²) in [5, 5.41) is 3.65. The van der Waals surface area contributed by atoms with E-state index < -0.39 is 0 Å². The van der Waals surface area contributed by atoms with Crippen LogP contribution in [-0.4, -0.2) is 41.6 Å². The molecule has 1 aromatic carbocycles. The fourth-order valence-electron chi connectivity index (χ4n) is 2.92. The lowest BCUT2D eigenvalue weighted by Gasteiger charge is -2.32. The van der Waals surface area contributed by atoms with Crippen LogP contribution in [0.3, 0.4) is 0 Å². The molecule has 2 amide bonds. The van der Waals surface area contributed by atoms with E-state index in [1.165, 1.54) is 6.92 Å². The average molecular weight is 365 g/mol. The van der Waals surface area contributed by atoms with Gasteiger partial charge in [0.05, 0.1) is 0 Å². The largest absolute Gasteiger partial charge is 0.353 e. The SMILES string of the molecule is CC(=O)CCC(=O)NC1CCN(C(=O)CCc2ccc(Cl)cc2)CC1. The molecule has 0 atom stereocenters. The Hall–Kier alpha value is -1.88. The van der Waals surface area contributed by atoms with Crippen molar-refractivity contribution in [3.63, 3.8) is 0 Å². The number of aryl methyl sites for hydroxylation is 1. The first-order valence-electron chi connectivity index (χ1n) is 8.75. The Morgan fingerprint density at radius 1 is 1.08 bits per heavy atom. The predicted octanol–water partition coefficient (Wildman–Crippen LogP) is 2.75. The highest BCUT2D eigenvalue weighted by molar-refractivity contribution is 6.30. The molecule has 0 bridgehead atoms. The minimum absolute atomic E-state index is 0.0243. The van der Waals surface area contributed by atoms with Gasteiger partial charge in [-0.2, -0.15) is 0 Å². The highest BCUT2D eigenvalue weighted by atomic mass is 35.5. The molecule has 6 heteroatoms. The van der Waals surface area contributed by atoms with Crippen molar-refractivity contribution in [1.29, 1.82) is 0 Å². The van der Waals surface area contributed by atoms with E-state index in [0.29, 0.717) is 31.0 Å². The minimum Gasteiger partial charge on any atom is -0.353 e. The van der Waals surface area contributed by atoms with Crippen LogP contribution in [0.4, 0.5) is 0 Å². The van der Waals surface area contributed by atoms with Crippen LogP contribution >= 0.6 is 11.6 Å². The van der Waals surface area contributed by atoms with E-state index >= 15 is 0 Å². The van der Waals surface area contributed by atoms with Crippen LogP contribution in [0, 0.1) is 0 Å². The Kier molecular flexibility index (Phi) is 7.44. The number of rotatable bonds is 7. The van der Waals surface area contributed by atoms with Gasteiger partial charge in [0.15, 0.2) is 0 Å². The molecular weight excluding hydrogens is 340 g/mol. The lowest BCUT2D eigenvalue weighted by atomic mass is 10.0. The van der Waals surface area contributed by atoms with Gasteiger partial charge in [-0.15, -0.1) is 0 Å². The van der Waals surface area contributed by atoms with Gasteiger partial charge in [0.1, 0.15) is 5.78 Å². The summed E-state index contributed by atoms with van der Waals surface area (Å²) in [6.07, 6.45) is 3.25. The molecule has 2 rings (SSSR count). The second-order valence-electron chi connectivity index (χ2n) is 6.55. The van der Waals surface area contributed by atoms with Crippen LogP contribution in [0.25, 0.3) is 0 Å². The first-order chi connectivity index (χ1) is 11.9. The van der Waals surface area contributed by atoms with Gasteiger partial charge in [0, 0.05) is 43.4 Å². The molecule has 1 aliphatic rings. The van der Waals surface area contributed by atoms with Crippen LogP contribution in [0.2, 0.25) is 5.02 Å². The van der Waals surface area contributed by atoms with Crippen LogP contribution in [0.15, 0.2) is 24.3 Å². The third kappa shape index (κ3) is 6.86. The second kappa shape index (κ2) is 9.56. The van der Waals surface area contributed by atoms with Crippen molar-refractivity contribution in [2.24, 2.45) is 0 Å². The fraction of sp³-hybridized carbons (Fsp3) is 0.526. The molecule has 1 saturated heterocycles. The summed E-state index contributed by atoms with van der Waals surface area (Å²) >= 11 is 5.86. The molecule has 5 nitrogen and oxygen atoms in total. The third-order valence-electron chi connectivity index (χ3n) is 4.46. The van der Waals surface area contributed by atoms with Gasteiger partial charge in [0.2, 0.25) is 11.8 Å². The molecule has 1 aromatic rings. The number of piperidine rings is 1. The molecule has 1 fully saturated rings. The van der Waals surface area contributed by atoms with E-state index in [4.69, 9.17) is 11.6 Å². The van der Waals surface area contributed by atoms with E-state index in [9.17, 15) is 14.4 Å². The summed E-state index contributed by atoms with van der Waals surface area (Å²) in [5.74, 6) is 0.0928. The van der Waals surface area contributed by atoms with Crippen molar-refractivity contribution in [2.45, 2.75) is 51.5 Å². The van der Waals surface area contributed by atoms with Crippen molar-refractivity contribution < 1.29 is 14.4 Å². The Morgan fingerprint density at radius 3 is 2.32 bits per heavy atom. The molecule has 0 aliphatic carbocycles. The molecule has 1 aliphatic heterocycles. The molecule has 0 aromatic heterocycles. The lowest BCUT2D eigenvalue weighted by molar-refractivity contribution is -0.132. The smallest absolute Gasteiger partial charge is 0.222 e. The van der Waals surface area contributed by atoms with E-state index in [0.717, 1.165) is 18.4 Å². The minimum atomic E-state index is -0.0808. The van der Waals surface area contributed by atoms with Crippen molar-refractivity contribution in [1.82, 2.24) is 10.2 Å². The average Bonchev–Trinajstić information content (AvgIpc) is 2.60. The number of ketones is 1. The van der Waals surface area contributed by atoms with E-state index in [2.05, 4.69) is 5.32 Å². The first-order valence-corrected chi connectivity index (χ1v) is 9.13. The van der Waals surface area contributed by atoms with Gasteiger partial charge in [0.25, 0.3) is 0 Å². The Bertz CT molecular complexity index is 608. The Morgan fingerprint density at radius 2 is 1.72 bits per heavy atom. The van der Waals surface area contributed by atoms with Crippen LogP contribution < -0.4 is 5.32 Å². The van der Waals surface area contributed by atoms with Gasteiger partial charge in [-0.3, -0.25) is 9.59 Å². The third-order valence-corrected chi connectivity index (χ3v) is 4.71. The number of carbonyl (C=O) groups is 3. The normalized spacial score (nSPS) is 15.0. The molecule has 25 heavy (non-hydrogen) atoms. The number of amides is 2. The molecule has 136 valence electrons. The molecule has 0 unspecified atom stereocenters. The maximum absolute atomic E-state index is 12.3. The second-order valence-corrected chi connectivity index (χ2v) is 6.99. The number of hydrogen-bond donors (Lipinski definition) is 1. The molecule has 0 spiro atoms. The Labute approximate surface area is 153 Å². The number of nitrogens with one attached hydrogen (secondary N) is 1. The lowest BCUT2D eigenvalue weighted by Crippen LogP contribution is -2.46.